The summed E-state index contributed by atoms with van der Waals surface area (Å²) in [7, 11) is -3.83. The van der Waals surface area contributed by atoms with Crippen molar-refractivity contribution in [3.8, 4) is 0 Å². The first-order valence-electron chi connectivity index (χ1n) is 10.1. The van der Waals surface area contributed by atoms with Crippen LogP contribution in [0.5, 0.6) is 0 Å². The Morgan fingerprint density at radius 2 is 1.83 bits per heavy atom. The second kappa shape index (κ2) is 9.86. The molecule has 1 heterocycles. The van der Waals surface area contributed by atoms with Crippen LogP contribution in [0, 0.1) is 6.92 Å². The van der Waals surface area contributed by atoms with Crippen LogP contribution in [-0.4, -0.2) is 36.9 Å². The highest BCUT2D eigenvalue weighted by atomic mass is 32.2. The third kappa shape index (κ3) is 5.46. The third-order valence-corrected chi connectivity index (χ3v) is 6.68. The van der Waals surface area contributed by atoms with E-state index in [0.29, 0.717) is 12.2 Å². The molecule has 7 nitrogen and oxygen atoms in total. The maximum atomic E-state index is 13.3. The standard InChI is InChI=1S/C22H27N3O4S/c1-3-4-5-8-13-25(16-22(26)23-21-14-17(2)29-24-21)30(27,28)20-12-11-18-9-6-7-10-19(18)15-20/h6-7,9-12,14-15H,3-5,8,13,16H2,1-2H3,(H,23,24,26). The zero-order valence-corrected chi connectivity index (χ0v) is 18.1. The first kappa shape index (κ1) is 22.0. The molecule has 0 fully saturated rings. The summed E-state index contributed by atoms with van der Waals surface area (Å²) in [5, 5.41) is 8.13. The molecule has 3 aromatic rings. The molecule has 2 aromatic carbocycles. The van der Waals surface area contributed by atoms with Crippen LogP contribution in [0.2, 0.25) is 0 Å². The summed E-state index contributed by atoms with van der Waals surface area (Å²) in [6, 6.07) is 14.2. The van der Waals surface area contributed by atoms with E-state index in [4.69, 9.17) is 4.52 Å². The lowest BCUT2D eigenvalue weighted by atomic mass is 10.1. The topological polar surface area (TPSA) is 92.5 Å². The van der Waals surface area contributed by atoms with Crippen LogP contribution in [0.1, 0.15) is 38.4 Å². The number of fused-ring (bicyclic) bond motifs is 1. The van der Waals surface area contributed by atoms with E-state index in [2.05, 4.69) is 17.4 Å². The van der Waals surface area contributed by atoms with Crippen LogP contribution in [-0.2, 0) is 14.8 Å². The highest BCUT2D eigenvalue weighted by Crippen LogP contribution is 2.22. The van der Waals surface area contributed by atoms with E-state index in [1.165, 1.54) is 4.31 Å². The molecular weight excluding hydrogens is 402 g/mol. The second-order valence-corrected chi connectivity index (χ2v) is 9.22. The number of nitrogens with one attached hydrogen (secondary N) is 1. The Morgan fingerprint density at radius 1 is 1.07 bits per heavy atom. The van der Waals surface area contributed by atoms with Crippen molar-refractivity contribution in [3.63, 3.8) is 0 Å². The summed E-state index contributed by atoms with van der Waals surface area (Å²) in [6.07, 6.45) is 3.67. The van der Waals surface area contributed by atoms with Crippen molar-refractivity contribution >= 4 is 32.5 Å². The molecule has 8 heteroatoms. The van der Waals surface area contributed by atoms with Gasteiger partial charge < -0.3 is 9.84 Å². The van der Waals surface area contributed by atoms with Crippen LogP contribution < -0.4 is 5.32 Å². The van der Waals surface area contributed by atoms with Crippen LogP contribution in [0.4, 0.5) is 5.82 Å². The van der Waals surface area contributed by atoms with Gasteiger partial charge in [-0.25, -0.2) is 8.42 Å². The summed E-state index contributed by atoms with van der Waals surface area (Å²) in [4.78, 5) is 12.7. The average molecular weight is 430 g/mol. The van der Waals surface area contributed by atoms with Gasteiger partial charge in [0.1, 0.15) is 5.76 Å². The fourth-order valence-corrected chi connectivity index (χ4v) is 4.71. The number of carbonyl (C=O) groups excluding carboxylic acids is 1. The molecule has 0 atom stereocenters. The fraction of sp³-hybridized carbons (Fsp3) is 0.364. The van der Waals surface area contributed by atoms with E-state index in [1.54, 1.807) is 31.2 Å². The minimum atomic E-state index is -3.83. The summed E-state index contributed by atoms with van der Waals surface area (Å²) >= 11 is 0. The van der Waals surface area contributed by atoms with Crippen molar-refractivity contribution in [2.24, 2.45) is 0 Å². The van der Waals surface area contributed by atoms with Crippen molar-refractivity contribution in [1.82, 2.24) is 9.46 Å². The molecule has 0 radical (unpaired) electrons. The van der Waals surface area contributed by atoms with E-state index < -0.39 is 15.9 Å². The molecule has 0 unspecified atom stereocenters. The van der Waals surface area contributed by atoms with Gasteiger partial charge in [-0.2, -0.15) is 4.31 Å². The molecule has 0 spiro atoms. The fourth-order valence-electron chi connectivity index (χ4n) is 3.24. The van der Waals surface area contributed by atoms with Crippen molar-refractivity contribution in [3.05, 3.63) is 54.3 Å². The predicted octanol–water partition coefficient (Wildman–Crippen LogP) is 4.35. The number of amides is 1. The summed E-state index contributed by atoms with van der Waals surface area (Å²) in [5.74, 6) is 0.375. The molecular formula is C22H27N3O4S. The molecule has 0 saturated heterocycles. The van der Waals surface area contributed by atoms with Gasteiger partial charge in [0.2, 0.25) is 15.9 Å². The highest BCUT2D eigenvalue weighted by Gasteiger charge is 2.27. The maximum Gasteiger partial charge on any atom is 0.243 e. The lowest BCUT2D eigenvalue weighted by Crippen LogP contribution is -2.38. The van der Waals surface area contributed by atoms with Crippen LogP contribution in [0.3, 0.4) is 0 Å². The Labute approximate surface area is 177 Å². The van der Waals surface area contributed by atoms with E-state index in [-0.39, 0.29) is 23.8 Å². The lowest BCUT2D eigenvalue weighted by molar-refractivity contribution is -0.116. The van der Waals surface area contributed by atoms with Gasteiger partial charge >= 0.3 is 0 Å². The number of anilines is 1. The number of benzene rings is 2. The molecule has 1 N–H and O–H groups in total. The molecule has 3 rings (SSSR count). The van der Waals surface area contributed by atoms with Crippen molar-refractivity contribution in [1.29, 1.82) is 0 Å². The molecule has 1 aromatic heterocycles. The minimum absolute atomic E-state index is 0.182. The number of rotatable bonds is 10. The normalized spacial score (nSPS) is 11.8. The number of aryl methyl sites for hydroxylation is 1. The van der Waals surface area contributed by atoms with Gasteiger partial charge in [-0.3, -0.25) is 4.79 Å². The molecule has 30 heavy (non-hydrogen) atoms. The van der Waals surface area contributed by atoms with E-state index in [0.717, 1.165) is 30.0 Å². The first-order chi connectivity index (χ1) is 14.4. The molecule has 0 aliphatic heterocycles. The number of unbranched alkanes of at least 4 members (excludes halogenated alkanes) is 3. The lowest BCUT2D eigenvalue weighted by Gasteiger charge is -2.22. The van der Waals surface area contributed by atoms with Crippen molar-refractivity contribution in [2.45, 2.75) is 44.4 Å². The zero-order valence-electron chi connectivity index (χ0n) is 17.3. The van der Waals surface area contributed by atoms with Gasteiger partial charge in [0.05, 0.1) is 11.4 Å². The van der Waals surface area contributed by atoms with Crippen LogP contribution in [0.15, 0.2) is 57.9 Å². The minimum Gasteiger partial charge on any atom is -0.360 e. The first-order valence-corrected chi connectivity index (χ1v) is 11.6. The number of hydrogen-bond acceptors (Lipinski definition) is 5. The summed E-state index contributed by atoms with van der Waals surface area (Å²) in [6.45, 7) is 3.80. The monoisotopic (exact) mass is 429 g/mol. The second-order valence-electron chi connectivity index (χ2n) is 7.28. The zero-order chi connectivity index (χ0) is 21.6. The van der Waals surface area contributed by atoms with Gasteiger partial charge in [0.15, 0.2) is 5.82 Å². The predicted molar refractivity (Wildman–Crippen MR) is 117 cm³/mol. The quantitative estimate of drug-likeness (QED) is 0.484. The number of carbonyl (C=O) groups is 1. The molecule has 1 amide bonds. The molecule has 160 valence electrons. The Balaban J connectivity index is 1.81. The molecule has 0 saturated carbocycles. The van der Waals surface area contributed by atoms with Gasteiger partial charge in [0, 0.05) is 12.6 Å². The van der Waals surface area contributed by atoms with Crippen molar-refractivity contribution in [2.75, 3.05) is 18.4 Å². The Morgan fingerprint density at radius 3 is 2.53 bits per heavy atom. The SMILES string of the molecule is CCCCCCN(CC(=O)Nc1cc(C)on1)S(=O)(=O)c1ccc2ccccc2c1. The maximum absolute atomic E-state index is 13.3. The van der Waals surface area contributed by atoms with E-state index in [1.807, 2.05) is 24.3 Å². The summed E-state index contributed by atoms with van der Waals surface area (Å²) in [5.41, 5.74) is 0. The van der Waals surface area contributed by atoms with E-state index in [9.17, 15) is 13.2 Å². The number of sulfonamides is 1. The Hall–Kier alpha value is -2.71. The summed E-state index contributed by atoms with van der Waals surface area (Å²) < 4.78 is 32.9. The average Bonchev–Trinajstić information content (AvgIpc) is 3.14. The van der Waals surface area contributed by atoms with Crippen molar-refractivity contribution < 1.29 is 17.7 Å². The third-order valence-electron chi connectivity index (χ3n) is 4.84. The van der Waals surface area contributed by atoms with Gasteiger partial charge in [-0.1, -0.05) is 61.7 Å². The van der Waals surface area contributed by atoms with E-state index >= 15 is 0 Å². The van der Waals surface area contributed by atoms with Crippen LogP contribution in [0.25, 0.3) is 10.8 Å². The molecule has 0 aliphatic rings. The van der Waals surface area contributed by atoms with Gasteiger partial charge in [0.25, 0.3) is 0 Å². The van der Waals surface area contributed by atoms with Gasteiger partial charge in [-0.15, -0.1) is 0 Å². The number of hydrogen-bond donors (Lipinski definition) is 1. The highest BCUT2D eigenvalue weighted by molar-refractivity contribution is 7.89. The Kier molecular flexibility index (Phi) is 7.23. The van der Waals surface area contributed by atoms with Crippen LogP contribution >= 0.6 is 0 Å². The molecule has 0 aliphatic carbocycles. The smallest absolute Gasteiger partial charge is 0.243 e. The van der Waals surface area contributed by atoms with Gasteiger partial charge in [-0.05, 0) is 36.2 Å². The largest absolute Gasteiger partial charge is 0.360 e. The molecule has 0 bridgehead atoms. The number of aromatic nitrogens is 1. The Bertz CT molecular complexity index is 1110. The number of nitrogens with zero attached hydrogens (tertiary/aromatic N) is 2.